The van der Waals surface area contributed by atoms with E-state index in [0.717, 1.165) is 12.1 Å². The van der Waals surface area contributed by atoms with E-state index >= 15 is 0 Å². The number of hydrogen-bond acceptors (Lipinski definition) is 5. The smallest absolute Gasteiger partial charge is 0.435 e. The van der Waals surface area contributed by atoms with Gasteiger partial charge in [0.05, 0.1) is 17.5 Å². The Bertz CT molecular complexity index is 994. The number of hydrazine groups is 1. The molecule has 2 aromatic carbocycles. The quantitative estimate of drug-likeness (QED) is 0.517. The summed E-state index contributed by atoms with van der Waals surface area (Å²) in [6.07, 6.45) is -6.38. The average molecular weight is 476 g/mol. The lowest BCUT2D eigenvalue weighted by Gasteiger charge is -2.29. The van der Waals surface area contributed by atoms with Crippen molar-refractivity contribution in [2.45, 2.75) is 38.1 Å². The minimum atomic E-state index is -4.79. The summed E-state index contributed by atoms with van der Waals surface area (Å²) < 4.78 is 47.2. The molecule has 6 nitrogen and oxygen atoms in total. The van der Waals surface area contributed by atoms with Crippen molar-refractivity contribution in [1.82, 2.24) is 5.43 Å². The van der Waals surface area contributed by atoms with Gasteiger partial charge in [0, 0.05) is 27.6 Å². The Hall–Kier alpha value is -2.65. The molecule has 1 unspecified atom stereocenters. The largest absolute Gasteiger partial charge is 0.446 e. The summed E-state index contributed by atoms with van der Waals surface area (Å²) in [6.45, 7) is 3.39. The average Bonchev–Trinajstić information content (AvgIpc) is 3.12. The summed E-state index contributed by atoms with van der Waals surface area (Å²) in [5.41, 5.74) is 2.86. The first-order valence-electron chi connectivity index (χ1n) is 9.11. The number of anilines is 1. The van der Waals surface area contributed by atoms with Crippen molar-refractivity contribution in [3.8, 4) is 0 Å². The number of ether oxygens (including phenoxy) is 1. The molecule has 1 atom stereocenters. The minimum Gasteiger partial charge on any atom is -0.446 e. The topological polar surface area (TPSA) is 72.0 Å². The zero-order valence-electron chi connectivity index (χ0n) is 16.4. The molecule has 3 rings (SSSR count). The molecule has 1 heterocycles. The van der Waals surface area contributed by atoms with Crippen molar-refractivity contribution < 1.29 is 27.5 Å². The molecule has 0 saturated heterocycles. The van der Waals surface area contributed by atoms with Crippen LogP contribution in [-0.2, 0) is 15.2 Å². The number of nitrogens with one attached hydrogen (secondary N) is 2. The second kappa shape index (κ2) is 8.84. The number of carbonyl (C=O) groups is 1. The van der Waals surface area contributed by atoms with Gasteiger partial charge in [-0.2, -0.15) is 13.2 Å². The Morgan fingerprint density at radius 3 is 2.48 bits per heavy atom. The number of nitrogens with zero attached hydrogens (tertiary/aromatic N) is 1. The van der Waals surface area contributed by atoms with Crippen molar-refractivity contribution >= 4 is 40.7 Å². The van der Waals surface area contributed by atoms with Crippen LogP contribution in [0, 0.1) is 0 Å². The molecule has 0 radical (unpaired) electrons. The number of benzene rings is 2. The zero-order valence-corrected chi connectivity index (χ0v) is 17.9. The van der Waals surface area contributed by atoms with Gasteiger partial charge in [-0.1, -0.05) is 40.5 Å². The van der Waals surface area contributed by atoms with E-state index in [1.807, 2.05) is 0 Å². The lowest BCUT2D eigenvalue weighted by atomic mass is 9.86. The van der Waals surface area contributed by atoms with Gasteiger partial charge in [-0.3, -0.25) is 5.43 Å². The Morgan fingerprint density at radius 2 is 1.87 bits per heavy atom. The van der Waals surface area contributed by atoms with Crippen molar-refractivity contribution in [3.63, 3.8) is 0 Å². The van der Waals surface area contributed by atoms with Crippen LogP contribution in [0.15, 0.2) is 47.6 Å². The van der Waals surface area contributed by atoms with Crippen molar-refractivity contribution in [2.75, 3.05) is 5.43 Å². The summed E-state index contributed by atoms with van der Waals surface area (Å²) in [6, 6.07) is 9.96. The van der Waals surface area contributed by atoms with E-state index < -0.39 is 24.3 Å². The van der Waals surface area contributed by atoms with Gasteiger partial charge in [0.25, 0.3) is 5.60 Å². The van der Waals surface area contributed by atoms with Gasteiger partial charge in [-0.05, 0) is 44.2 Å². The van der Waals surface area contributed by atoms with Gasteiger partial charge in [0.15, 0.2) is 0 Å². The zero-order chi connectivity index (χ0) is 22.8. The third kappa shape index (κ3) is 5.16. The maximum absolute atomic E-state index is 14.1. The first-order chi connectivity index (χ1) is 14.5. The number of halogens is 5. The van der Waals surface area contributed by atoms with Gasteiger partial charge in [0.1, 0.15) is 0 Å². The number of oxime groups is 1. The third-order valence-corrected chi connectivity index (χ3v) is 4.80. The summed E-state index contributed by atoms with van der Waals surface area (Å²) in [4.78, 5) is 16.6. The summed E-state index contributed by atoms with van der Waals surface area (Å²) in [7, 11) is 0. The van der Waals surface area contributed by atoms with E-state index in [4.69, 9.17) is 32.8 Å². The van der Waals surface area contributed by atoms with Gasteiger partial charge < -0.3 is 9.57 Å². The molecule has 1 amide bonds. The lowest BCUT2D eigenvalue weighted by Crippen LogP contribution is -2.42. The molecule has 166 valence electrons. The predicted octanol–water partition coefficient (Wildman–Crippen LogP) is 6.04. The van der Waals surface area contributed by atoms with E-state index in [-0.39, 0.29) is 27.4 Å². The Morgan fingerprint density at radius 1 is 1.19 bits per heavy atom. The van der Waals surface area contributed by atoms with E-state index in [0.29, 0.717) is 11.3 Å². The van der Waals surface area contributed by atoms with Crippen molar-refractivity contribution in [2.24, 2.45) is 5.16 Å². The van der Waals surface area contributed by atoms with Gasteiger partial charge in [-0.15, -0.1) is 0 Å². The molecule has 2 N–H and O–H groups in total. The second-order valence-corrected chi connectivity index (χ2v) is 7.95. The molecule has 0 fully saturated rings. The van der Waals surface area contributed by atoms with Gasteiger partial charge >= 0.3 is 12.3 Å². The fraction of sp³-hybridized carbons (Fsp3) is 0.300. The molecule has 0 saturated carbocycles. The molecule has 11 heteroatoms. The van der Waals surface area contributed by atoms with E-state index in [1.54, 1.807) is 32.0 Å². The third-order valence-electron chi connectivity index (χ3n) is 4.36. The van der Waals surface area contributed by atoms with E-state index in [9.17, 15) is 18.0 Å². The summed E-state index contributed by atoms with van der Waals surface area (Å²) >= 11 is 11.8. The van der Waals surface area contributed by atoms with Crippen LogP contribution >= 0.6 is 23.2 Å². The Labute approximate surface area is 186 Å². The summed E-state index contributed by atoms with van der Waals surface area (Å²) in [5.74, 6) is 0. The molecule has 0 spiro atoms. The monoisotopic (exact) mass is 475 g/mol. The Kier molecular flexibility index (Phi) is 6.56. The normalized spacial score (nSPS) is 18.4. The molecular weight excluding hydrogens is 458 g/mol. The second-order valence-electron chi connectivity index (χ2n) is 7.07. The number of carbonyl (C=O) groups excluding carboxylic acids is 1. The van der Waals surface area contributed by atoms with Gasteiger partial charge in [0.2, 0.25) is 0 Å². The fourth-order valence-corrected chi connectivity index (χ4v) is 3.51. The van der Waals surface area contributed by atoms with E-state index in [2.05, 4.69) is 16.0 Å². The number of rotatable bonds is 5. The van der Waals surface area contributed by atoms with Crippen LogP contribution in [0.3, 0.4) is 0 Å². The molecule has 1 aliphatic rings. The van der Waals surface area contributed by atoms with Crippen LogP contribution in [0.4, 0.5) is 23.7 Å². The molecule has 31 heavy (non-hydrogen) atoms. The standard InChI is InChI=1S/C20H18Cl2F3N3O3/c1-11(2)30-18(29)27-26-16-5-3-4-12(6-16)17-10-19(31-28-17,20(23,24)25)13-7-14(21)9-15(22)8-13/h3-9,11,26H,10H2,1-2H3,(H,27,29). The van der Waals surface area contributed by atoms with Crippen LogP contribution in [0.25, 0.3) is 0 Å². The highest BCUT2D eigenvalue weighted by Crippen LogP contribution is 2.49. The Balaban J connectivity index is 1.83. The maximum atomic E-state index is 14.1. The fourth-order valence-electron chi connectivity index (χ4n) is 2.99. The number of amides is 1. The first-order valence-corrected chi connectivity index (χ1v) is 9.87. The lowest BCUT2D eigenvalue weighted by molar-refractivity contribution is -0.275. The molecule has 2 aromatic rings. The highest BCUT2D eigenvalue weighted by Gasteiger charge is 2.62. The van der Waals surface area contributed by atoms with Crippen LogP contribution < -0.4 is 10.9 Å². The van der Waals surface area contributed by atoms with Crippen LogP contribution in [0.5, 0.6) is 0 Å². The van der Waals surface area contributed by atoms with Crippen LogP contribution in [-0.4, -0.2) is 24.1 Å². The molecule has 0 aromatic heterocycles. The van der Waals surface area contributed by atoms with Crippen LogP contribution in [0.2, 0.25) is 10.0 Å². The van der Waals surface area contributed by atoms with Crippen LogP contribution in [0.1, 0.15) is 31.4 Å². The minimum absolute atomic E-state index is 0.0498. The molecule has 0 bridgehead atoms. The van der Waals surface area contributed by atoms with Crippen molar-refractivity contribution in [3.05, 3.63) is 63.6 Å². The maximum Gasteiger partial charge on any atom is 0.435 e. The first kappa shape index (κ1) is 23.0. The molecular formula is C20H18Cl2F3N3O3. The SMILES string of the molecule is CC(C)OC(=O)NNc1cccc(C2=NOC(c3cc(Cl)cc(Cl)c3)(C(F)(F)F)C2)c1. The summed E-state index contributed by atoms with van der Waals surface area (Å²) in [5, 5.41) is 3.81. The predicted molar refractivity (Wildman–Crippen MR) is 111 cm³/mol. The number of alkyl halides is 3. The molecule has 0 aliphatic carbocycles. The highest BCUT2D eigenvalue weighted by molar-refractivity contribution is 6.34. The number of hydrogen-bond donors (Lipinski definition) is 2. The molecule has 1 aliphatic heterocycles. The van der Waals surface area contributed by atoms with E-state index in [1.165, 1.54) is 12.1 Å². The highest BCUT2D eigenvalue weighted by atomic mass is 35.5. The van der Waals surface area contributed by atoms with Crippen molar-refractivity contribution in [1.29, 1.82) is 0 Å². The van der Waals surface area contributed by atoms with Gasteiger partial charge in [-0.25, -0.2) is 10.2 Å².